The molecule has 0 fully saturated rings. The van der Waals surface area contributed by atoms with E-state index in [0.29, 0.717) is 21.3 Å². The third-order valence-corrected chi connectivity index (χ3v) is 3.95. The lowest BCUT2D eigenvalue weighted by Crippen LogP contribution is -2.18. The van der Waals surface area contributed by atoms with Crippen molar-refractivity contribution in [1.82, 2.24) is 4.98 Å². The summed E-state index contributed by atoms with van der Waals surface area (Å²) in [5, 5.41) is 13.9. The molecule has 0 spiro atoms. The van der Waals surface area contributed by atoms with E-state index >= 15 is 0 Å². The number of nitro groups is 1. The largest absolute Gasteiger partial charge is 0.376 e. The van der Waals surface area contributed by atoms with Crippen molar-refractivity contribution in [2.45, 2.75) is 6.92 Å². The molecule has 9 heteroatoms. The van der Waals surface area contributed by atoms with E-state index in [0.717, 1.165) is 11.3 Å². The number of hydrogen-bond donors (Lipinski definition) is 2. The number of thiocarbonyl (C=S) groups is 1. The van der Waals surface area contributed by atoms with E-state index in [2.05, 4.69) is 10.3 Å². The van der Waals surface area contributed by atoms with E-state index < -0.39 is 4.92 Å². The summed E-state index contributed by atoms with van der Waals surface area (Å²) in [5.41, 5.74) is 6.46. The lowest BCUT2D eigenvalue weighted by Gasteiger charge is -1.95. The number of non-ortho nitro benzene ring substituents is 1. The summed E-state index contributed by atoms with van der Waals surface area (Å²) in [6, 6.07) is 6.02. The van der Waals surface area contributed by atoms with E-state index in [4.69, 9.17) is 18.0 Å². The van der Waals surface area contributed by atoms with Gasteiger partial charge in [-0.3, -0.25) is 14.9 Å². The van der Waals surface area contributed by atoms with Crippen molar-refractivity contribution in [3.05, 3.63) is 56.6 Å². The van der Waals surface area contributed by atoms with Gasteiger partial charge in [-0.25, -0.2) is 4.98 Å². The SMILES string of the molecule is Cc1nc(NC(N)=S)sc1C(=O)/C=C/c1cccc([N+](=O)[O-])c1. The highest BCUT2D eigenvalue weighted by Gasteiger charge is 2.13. The van der Waals surface area contributed by atoms with E-state index in [1.54, 1.807) is 19.1 Å². The molecule has 2 rings (SSSR count). The van der Waals surface area contributed by atoms with Crippen LogP contribution in [0.25, 0.3) is 6.08 Å². The normalized spacial score (nSPS) is 10.7. The maximum atomic E-state index is 12.2. The summed E-state index contributed by atoms with van der Waals surface area (Å²) in [6.07, 6.45) is 2.87. The monoisotopic (exact) mass is 348 g/mol. The van der Waals surface area contributed by atoms with Crippen molar-refractivity contribution in [1.29, 1.82) is 0 Å². The smallest absolute Gasteiger partial charge is 0.270 e. The van der Waals surface area contributed by atoms with Crippen LogP contribution in [-0.4, -0.2) is 20.8 Å². The Morgan fingerprint density at radius 2 is 2.26 bits per heavy atom. The Kier molecular flexibility index (Phi) is 5.14. The quantitative estimate of drug-likeness (QED) is 0.281. The number of aromatic nitrogens is 1. The van der Waals surface area contributed by atoms with Crippen LogP contribution in [0.1, 0.15) is 20.9 Å². The van der Waals surface area contributed by atoms with Crippen molar-refractivity contribution >= 4 is 51.3 Å². The van der Waals surface area contributed by atoms with Crippen LogP contribution in [0.3, 0.4) is 0 Å². The van der Waals surface area contributed by atoms with Crippen LogP contribution >= 0.6 is 23.6 Å². The Hall–Kier alpha value is -2.65. The number of aryl methyl sites for hydroxylation is 1. The van der Waals surface area contributed by atoms with Gasteiger partial charge in [-0.1, -0.05) is 29.5 Å². The van der Waals surface area contributed by atoms with E-state index in [9.17, 15) is 14.9 Å². The highest BCUT2D eigenvalue weighted by Crippen LogP contribution is 2.23. The van der Waals surface area contributed by atoms with Gasteiger partial charge in [0.1, 0.15) is 0 Å². The van der Waals surface area contributed by atoms with Crippen LogP contribution in [0.5, 0.6) is 0 Å². The van der Waals surface area contributed by atoms with Crippen LogP contribution in [0.4, 0.5) is 10.8 Å². The number of nitro benzene ring substituents is 1. The molecule has 0 bridgehead atoms. The third kappa shape index (κ3) is 4.41. The van der Waals surface area contributed by atoms with Crippen LogP contribution < -0.4 is 11.1 Å². The fraction of sp³-hybridized carbons (Fsp3) is 0.0714. The number of carbonyl (C=O) groups is 1. The zero-order valence-electron chi connectivity index (χ0n) is 12.0. The topological polar surface area (TPSA) is 111 Å². The highest BCUT2D eigenvalue weighted by atomic mass is 32.1. The maximum absolute atomic E-state index is 12.2. The zero-order chi connectivity index (χ0) is 17.0. The summed E-state index contributed by atoms with van der Waals surface area (Å²) < 4.78 is 0. The van der Waals surface area contributed by atoms with Gasteiger partial charge in [-0.2, -0.15) is 0 Å². The van der Waals surface area contributed by atoms with Crippen molar-refractivity contribution in [3.63, 3.8) is 0 Å². The standard InChI is InChI=1S/C14H12N4O3S2/c1-8-12(23-14(16-8)17-13(15)22)11(19)6-5-9-3-2-4-10(7-9)18(20)21/h2-7H,1H3,(H3,15,16,17,22)/b6-5+. The van der Waals surface area contributed by atoms with Gasteiger partial charge in [0.2, 0.25) is 0 Å². The number of anilines is 1. The Morgan fingerprint density at radius 3 is 2.91 bits per heavy atom. The Morgan fingerprint density at radius 1 is 1.52 bits per heavy atom. The first-order valence-corrected chi connectivity index (χ1v) is 7.60. The molecule has 0 aliphatic heterocycles. The summed E-state index contributed by atoms with van der Waals surface area (Å²) >= 11 is 5.86. The molecule has 0 aliphatic carbocycles. The lowest BCUT2D eigenvalue weighted by molar-refractivity contribution is -0.384. The first-order valence-electron chi connectivity index (χ1n) is 6.37. The minimum absolute atomic E-state index is 0.0310. The Balaban J connectivity index is 2.18. The summed E-state index contributed by atoms with van der Waals surface area (Å²) in [5.74, 6) is -0.248. The summed E-state index contributed by atoms with van der Waals surface area (Å²) in [4.78, 5) is 27.1. The lowest BCUT2D eigenvalue weighted by atomic mass is 10.1. The first-order chi connectivity index (χ1) is 10.9. The zero-order valence-corrected chi connectivity index (χ0v) is 13.6. The number of ketones is 1. The molecule has 2 aromatic rings. The predicted molar refractivity (Wildman–Crippen MR) is 93.7 cm³/mol. The van der Waals surface area contributed by atoms with Gasteiger partial charge < -0.3 is 11.1 Å². The molecule has 1 heterocycles. The highest BCUT2D eigenvalue weighted by molar-refractivity contribution is 7.80. The molecule has 0 atom stereocenters. The molecule has 1 aromatic carbocycles. The first kappa shape index (κ1) is 16.7. The molecule has 1 aromatic heterocycles. The van der Waals surface area contributed by atoms with Crippen molar-refractivity contribution in [2.24, 2.45) is 5.73 Å². The van der Waals surface area contributed by atoms with Gasteiger partial charge in [-0.15, -0.1) is 0 Å². The second-order valence-corrected chi connectivity index (χ2v) is 5.91. The number of rotatable bonds is 5. The third-order valence-electron chi connectivity index (χ3n) is 2.76. The second kappa shape index (κ2) is 7.07. The van der Waals surface area contributed by atoms with Crippen LogP contribution in [-0.2, 0) is 0 Å². The van der Waals surface area contributed by atoms with E-state index in [-0.39, 0.29) is 16.6 Å². The molecule has 0 radical (unpaired) electrons. The molecular weight excluding hydrogens is 336 g/mol. The van der Waals surface area contributed by atoms with Crippen molar-refractivity contribution < 1.29 is 9.72 Å². The Bertz CT molecular complexity index is 814. The number of nitrogens with one attached hydrogen (secondary N) is 1. The molecule has 23 heavy (non-hydrogen) atoms. The molecule has 0 saturated heterocycles. The number of nitrogens with two attached hydrogens (primary N) is 1. The maximum Gasteiger partial charge on any atom is 0.270 e. The van der Waals surface area contributed by atoms with Crippen LogP contribution in [0, 0.1) is 17.0 Å². The molecule has 3 N–H and O–H groups in total. The number of benzene rings is 1. The molecule has 7 nitrogen and oxygen atoms in total. The Labute approximate surface area is 141 Å². The summed E-state index contributed by atoms with van der Waals surface area (Å²) in [7, 11) is 0. The molecule has 0 saturated carbocycles. The molecular formula is C14H12N4O3S2. The van der Waals surface area contributed by atoms with Gasteiger partial charge in [-0.05, 0) is 30.8 Å². The molecule has 118 valence electrons. The number of nitrogens with zero attached hydrogens (tertiary/aromatic N) is 2. The molecule has 0 amide bonds. The van der Waals surface area contributed by atoms with Crippen LogP contribution in [0.2, 0.25) is 0 Å². The van der Waals surface area contributed by atoms with Gasteiger partial charge in [0.15, 0.2) is 16.0 Å². The average molecular weight is 348 g/mol. The molecule has 0 aliphatic rings. The number of thiazole rings is 1. The van der Waals surface area contributed by atoms with Gasteiger partial charge in [0.25, 0.3) is 5.69 Å². The van der Waals surface area contributed by atoms with Crippen molar-refractivity contribution in [2.75, 3.05) is 5.32 Å². The second-order valence-electron chi connectivity index (χ2n) is 4.47. The van der Waals surface area contributed by atoms with E-state index in [1.807, 2.05) is 0 Å². The molecule has 0 unspecified atom stereocenters. The average Bonchev–Trinajstić information content (AvgIpc) is 2.84. The summed E-state index contributed by atoms with van der Waals surface area (Å²) in [6.45, 7) is 1.70. The number of allylic oxidation sites excluding steroid dienone is 1. The van der Waals surface area contributed by atoms with Crippen LogP contribution in [0.15, 0.2) is 30.3 Å². The fourth-order valence-corrected chi connectivity index (χ4v) is 2.83. The van der Waals surface area contributed by atoms with Gasteiger partial charge in [0.05, 0.1) is 15.5 Å². The number of hydrogen-bond acceptors (Lipinski definition) is 6. The van der Waals surface area contributed by atoms with Gasteiger partial charge >= 0.3 is 0 Å². The predicted octanol–water partition coefficient (Wildman–Crippen LogP) is 2.91. The minimum Gasteiger partial charge on any atom is -0.376 e. The number of carbonyl (C=O) groups excluding carboxylic acids is 1. The fourth-order valence-electron chi connectivity index (χ4n) is 1.77. The van der Waals surface area contributed by atoms with E-state index in [1.165, 1.54) is 24.3 Å². The minimum atomic E-state index is -0.486. The van der Waals surface area contributed by atoms with Crippen molar-refractivity contribution in [3.8, 4) is 0 Å². The van der Waals surface area contributed by atoms with Gasteiger partial charge in [0, 0.05) is 12.1 Å².